The Morgan fingerprint density at radius 1 is 1.12 bits per heavy atom. The summed E-state index contributed by atoms with van der Waals surface area (Å²) >= 11 is 1.04. The predicted molar refractivity (Wildman–Crippen MR) is 97.8 cm³/mol. The van der Waals surface area contributed by atoms with Crippen molar-refractivity contribution >= 4 is 43.8 Å². The summed E-state index contributed by atoms with van der Waals surface area (Å²) in [6.07, 6.45) is 1.94. The Morgan fingerprint density at radius 2 is 1.88 bits per heavy atom. The second-order valence-electron chi connectivity index (χ2n) is 5.82. The first-order valence-electron chi connectivity index (χ1n) is 7.73. The molecule has 1 N–H and O–H groups in total. The average molecular weight is 373 g/mol. The van der Waals surface area contributed by atoms with E-state index in [1.807, 2.05) is 18.2 Å². The Bertz CT molecular complexity index is 1090. The van der Waals surface area contributed by atoms with Gasteiger partial charge in [-0.25, -0.2) is 13.2 Å². The molecule has 1 aromatic heterocycles. The van der Waals surface area contributed by atoms with Crippen LogP contribution >= 0.6 is 11.3 Å². The lowest BCUT2D eigenvalue weighted by molar-refractivity contribution is 0.0602. The molecule has 0 saturated heterocycles. The molecule has 4 rings (SSSR count). The summed E-state index contributed by atoms with van der Waals surface area (Å²) in [6.45, 7) is 0. The molecule has 3 aromatic rings. The second kappa shape index (κ2) is 5.86. The van der Waals surface area contributed by atoms with Crippen LogP contribution in [0.25, 0.3) is 10.8 Å². The van der Waals surface area contributed by atoms with Gasteiger partial charge < -0.3 is 4.74 Å². The van der Waals surface area contributed by atoms with Crippen LogP contribution in [0.3, 0.4) is 0 Å². The first kappa shape index (κ1) is 16.1. The first-order valence-corrected chi connectivity index (χ1v) is 10.1. The van der Waals surface area contributed by atoms with Crippen LogP contribution in [0.5, 0.6) is 0 Å². The van der Waals surface area contributed by atoms with Crippen LogP contribution < -0.4 is 4.72 Å². The Morgan fingerprint density at radius 3 is 2.64 bits per heavy atom. The Hall–Kier alpha value is -2.38. The Kier molecular flexibility index (Phi) is 3.77. The van der Waals surface area contributed by atoms with Gasteiger partial charge in [-0.05, 0) is 46.9 Å². The van der Waals surface area contributed by atoms with E-state index < -0.39 is 16.0 Å². The summed E-state index contributed by atoms with van der Waals surface area (Å²) in [7, 11) is -2.66. The highest BCUT2D eigenvalue weighted by molar-refractivity contribution is 7.93. The molecule has 1 aliphatic carbocycles. The van der Waals surface area contributed by atoms with Crippen molar-refractivity contribution in [3.8, 4) is 0 Å². The van der Waals surface area contributed by atoms with Crippen LogP contribution in [0, 0.1) is 0 Å². The molecule has 0 aliphatic heterocycles. The van der Waals surface area contributed by atoms with Crippen molar-refractivity contribution in [3.63, 3.8) is 0 Å². The molecule has 2 aromatic carbocycles. The highest BCUT2D eigenvalue weighted by Gasteiger charge is 2.26. The number of rotatable bonds is 4. The monoisotopic (exact) mass is 373 g/mol. The van der Waals surface area contributed by atoms with E-state index >= 15 is 0 Å². The van der Waals surface area contributed by atoms with E-state index in [1.165, 1.54) is 24.3 Å². The third-order valence-electron chi connectivity index (χ3n) is 4.41. The molecule has 0 fully saturated rings. The molecule has 0 saturated carbocycles. The van der Waals surface area contributed by atoms with Crippen LogP contribution in [0.1, 0.15) is 20.8 Å². The summed E-state index contributed by atoms with van der Waals surface area (Å²) < 4.78 is 32.9. The van der Waals surface area contributed by atoms with Gasteiger partial charge in [0, 0.05) is 5.39 Å². The minimum Gasteiger partial charge on any atom is -0.465 e. The third-order valence-corrected chi connectivity index (χ3v) is 6.84. The van der Waals surface area contributed by atoms with E-state index in [1.54, 1.807) is 11.4 Å². The summed E-state index contributed by atoms with van der Waals surface area (Å²) in [4.78, 5) is 11.8. The van der Waals surface area contributed by atoms with Gasteiger partial charge >= 0.3 is 5.97 Å². The molecule has 1 heterocycles. The van der Waals surface area contributed by atoms with Gasteiger partial charge in [0.25, 0.3) is 10.0 Å². The standard InChI is InChI=1S/C18H15NO4S2/c1-23-18(20)17-15(9-10-24-17)25(21,22)19-14-8-7-12-6-5-11-3-2-4-13(14)16(11)12/h2-4,7-10,19H,5-6H2,1H3. The van der Waals surface area contributed by atoms with Crippen molar-refractivity contribution in [2.45, 2.75) is 17.7 Å². The summed E-state index contributed by atoms with van der Waals surface area (Å²) in [6, 6.07) is 11.1. The topological polar surface area (TPSA) is 72.5 Å². The molecule has 0 atom stereocenters. The maximum Gasteiger partial charge on any atom is 0.349 e. The number of hydrogen-bond donors (Lipinski definition) is 1. The zero-order valence-electron chi connectivity index (χ0n) is 13.4. The van der Waals surface area contributed by atoms with Gasteiger partial charge in [-0.3, -0.25) is 4.72 Å². The molecule has 0 radical (unpaired) electrons. The SMILES string of the molecule is COC(=O)c1sccc1S(=O)(=O)Nc1ccc2c3c(cccc13)CC2. The second-order valence-corrected chi connectivity index (χ2v) is 8.39. The van der Waals surface area contributed by atoms with E-state index in [2.05, 4.69) is 15.5 Å². The van der Waals surface area contributed by atoms with Crippen molar-refractivity contribution in [1.29, 1.82) is 0 Å². The average Bonchev–Trinajstić information content (AvgIpc) is 3.25. The fraction of sp³-hybridized carbons (Fsp3) is 0.167. The van der Waals surface area contributed by atoms with Crippen molar-refractivity contribution in [2.75, 3.05) is 11.8 Å². The van der Waals surface area contributed by atoms with Crippen LogP contribution in [0.15, 0.2) is 46.7 Å². The predicted octanol–water partition coefficient (Wildman–Crippen LogP) is 3.59. The minimum atomic E-state index is -3.89. The maximum absolute atomic E-state index is 12.8. The van der Waals surface area contributed by atoms with Gasteiger partial charge in [0.1, 0.15) is 9.77 Å². The highest BCUT2D eigenvalue weighted by atomic mass is 32.2. The van der Waals surface area contributed by atoms with Crippen molar-refractivity contribution in [3.05, 3.63) is 57.8 Å². The van der Waals surface area contributed by atoms with Crippen LogP contribution in [-0.4, -0.2) is 21.5 Å². The van der Waals surface area contributed by atoms with Gasteiger partial charge in [0.15, 0.2) is 0 Å². The molecule has 0 amide bonds. The van der Waals surface area contributed by atoms with E-state index in [-0.39, 0.29) is 9.77 Å². The number of carbonyl (C=O) groups excluding carboxylic acids is 1. The molecule has 1 aliphatic rings. The number of aryl methyl sites for hydroxylation is 2. The lowest BCUT2D eigenvalue weighted by Crippen LogP contribution is -2.16. The zero-order valence-corrected chi connectivity index (χ0v) is 15.0. The number of thiophene rings is 1. The van der Waals surface area contributed by atoms with Gasteiger partial charge in [0.2, 0.25) is 0 Å². The van der Waals surface area contributed by atoms with Crippen LogP contribution in [0.4, 0.5) is 5.69 Å². The molecule has 0 bridgehead atoms. The van der Waals surface area contributed by atoms with Gasteiger partial charge in [-0.15, -0.1) is 11.3 Å². The van der Waals surface area contributed by atoms with Gasteiger partial charge in [-0.2, -0.15) is 0 Å². The van der Waals surface area contributed by atoms with E-state index in [0.29, 0.717) is 5.69 Å². The number of anilines is 1. The van der Waals surface area contributed by atoms with Crippen LogP contribution in [0.2, 0.25) is 0 Å². The Labute approximate surface area is 149 Å². The highest BCUT2D eigenvalue weighted by Crippen LogP contribution is 2.36. The van der Waals surface area contributed by atoms with Gasteiger partial charge in [0.05, 0.1) is 12.8 Å². The normalized spacial score (nSPS) is 13.2. The lowest BCUT2D eigenvalue weighted by atomic mass is 10.0. The number of methoxy groups -OCH3 is 1. The van der Waals surface area contributed by atoms with E-state index in [4.69, 9.17) is 0 Å². The van der Waals surface area contributed by atoms with Crippen LogP contribution in [-0.2, 0) is 27.6 Å². The number of benzene rings is 2. The number of ether oxygens (including phenoxy) is 1. The van der Waals surface area contributed by atoms with Crippen molar-refractivity contribution < 1.29 is 17.9 Å². The smallest absolute Gasteiger partial charge is 0.349 e. The maximum atomic E-state index is 12.8. The molecule has 25 heavy (non-hydrogen) atoms. The molecule has 7 heteroatoms. The lowest BCUT2D eigenvalue weighted by Gasteiger charge is -2.12. The molecular weight excluding hydrogens is 358 g/mol. The third kappa shape index (κ3) is 2.60. The molecule has 5 nitrogen and oxygen atoms in total. The van der Waals surface area contributed by atoms with Gasteiger partial charge in [-0.1, -0.05) is 24.3 Å². The number of esters is 1. The number of sulfonamides is 1. The number of nitrogens with one attached hydrogen (secondary N) is 1. The Balaban J connectivity index is 1.80. The zero-order chi connectivity index (χ0) is 17.6. The molecular formula is C18H15NO4S2. The number of carbonyl (C=O) groups is 1. The number of hydrogen-bond acceptors (Lipinski definition) is 5. The largest absolute Gasteiger partial charge is 0.465 e. The molecule has 0 unspecified atom stereocenters. The minimum absolute atomic E-state index is 0.0624. The summed E-state index contributed by atoms with van der Waals surface area (Å²) in [5.41, 5.74) is 2.99. The fourth-order valence-electron chi connectivity index (χ4n) is 3.29. The molecule has 0 spiro atoms. The summed E-state index contributed by atoms with van der Waals surface area (Å²) in [5, 5.41) is 3.57. The van der Waals surface area contributed by atoms with Crippen molar-refractivity contribution in [1.82, 2.24) is 0 Å². The fourth-order valence-corrected chi connectivity index (χ4v) is 5.70. The summed E-state index contributed by atoms with van der Waals surface area (Å²) in [5.74, 6) is -0.657. The van der Waals surface area contributed by atoms with E-state index in [9.17, 15) is 13.2 Å². The first-order chi connectivity index (χ1) is 12.0. The quantitative estimate of drug-likeness (QED) is 0.710. The van der Waals surface area contributed by atoms with E-state index in [0.717, 1.165) is 35.0 Å². The molecule has 128 valence electrons. The van der Waals surface area contributed by atoms with Crippen molar-refractivity contribution in [2.24, 2.45) is 0 Å².